The number of ether oxygens (including phenoxy) is 1. The van der Waals surface area contributed by atoms with Crippen LogP contribution >= 0.6 is 11.6 Å². The summed E-state index contributed by atoms with van der Waals surface area (Å²) in [5.41, 5.74) is 0. The Morgan fingerprint density at radius 1 is 1.58 bits per heavy atom. The summed E-state index contributed by atoms with van der Waals surface area (Å²) in [5, 5.41) is 0.227. The molecule has 1 aromatic rings. The number of rotatable bonds is 2. The van der Waals surface area contributed by atoms with Gasteiger partial charge in [-0.25, -0.2) is 4.39 Å². The molecule has 0 aromatic heterocycles. The molecule has 1 aromatic carbocycles. The summed E-state index contributed by atoms with van der Waals surface area (Å²) in [4.78, 5) is 0. The van der Waals surface area contributed by atoms with E-state index in [1.54, 1.807) is 0 Å². The lowest BCUT2D eigenvalue weighted by Gasteiger charge is -2.04. The van der Waals surface area contributed by atoms with Gasteiger partial charge in [-0.1, -0.05) is 23.6 Å². The first-order chi connectivity index (χ1) is 5.75. The molecule has 1 rings (SSSR count). The number of terminal acetylenes is 1. The first-order valence-corrected chi connectivity index (χ1v) is 3.63. The molecule has 0 amide bonds. The average Bonchev–Trinajstić information content (AvgIpc) is 2.04. The van der Waals surface area contributed by atoms with Crippen LogP contribution in [0.2, 0.25) is 5.02 Å². The molecule has 0 aliphatic carbocycles. The Hall–Kier alpha value is -1.20. The van der Waals surface area contributed by atoms with Crippen molar-refractivity contribution in [2.45, 2.75) is 0 Å². The summed E-state index contributed by atoms with van der Waals surface area (Å²) in [7, 11) is 0. The molecular formula is C9H6ClFO. The molecule has 0 radical (unpaired) electrons. The second-order valence-corrected chi connectivity index (χ2v) is 2.45. The van der Waals surface area contributed by atoms with Gasteiger partial charge in [-0.15, -0.1) is 6.42 Å². The van der Waals surface area contributed by atoms with Crippen molar-refractivity contribution in [1.82, 2.24) is 0 Å². The van der Waals surface area contributed by atoms with Gasteiger partial charge in [0.25, 0.3) is 0 Å². The monoisotopic (exact) mass is 184 g/mol. The van der Waals surface area contributed by atoms with Gasteiger partial charge in [-0.2, -0.15) is 0 Å². The molecule has 0 aliphatic rings. The van der Waals surface area contributed by atoms with Gasteiger partial charge in [0.2, 0.25) is 0 Å². The topological polar surface area (TPSA) is 9.23 Å². The van der Waals surface area contributed by atoms with Crippen LogP contribution in [0.25, 0.3) is 0 Å². The van der Waals surface area contributed by atoms with Crippen LogP contribution in [-0.2, 0) is 0 Å². The fraction of sp³-hybridized carbons (Fsp3) is 0.111. The summed E-state index contributed by atoms with van der Waals surface area (Å²) in [6.45, 7) is 0.0145. The standard InChI is InChI=1S/C9H6ClFO/c1-2-6-12-9-7(10)4-3-5-8(9)11/h1,3-5H,6H2. The minimum atomic E-state index is -0.502. The zero-order valence-corrected chi connectivity index (χ0v) is 6.94. The zero-order chi connectivity index (χ0) is 8.97. The molecule has 1 nitrogen and oxygen atoms in total. The highest BCUT2D eigenvalue weighted by molar-refractivity contribution is 6.32. The summed E-state index contributed by atoms with van der Waals surface area (Å²) in [5.74, 6) is 1.73. The van der Waals surface area contributed by atoms with E-state index in [1.807, 2.05) is 0 Å². The van der Waals surface area contributed by atoms with Gasteiger partial charge in [0.15, 0.2) is 11.6 Å². The van der Waals surface area contributed by atoms with Crippen molar-refractivity contribution in [2.24, 2.45) is 0 Å². The molecule has 0 saturated carbocycles. The maximum Gasteiger partial charge on any atom is 0.174 e. The molecule has 0 bridgehead atoms. The second kappa shape index (κ2) is 3.99. The van der Waals surface area contributed by atoms with E-state index in [0.717, 1.165) is 0 Å². The van der Waals surface area contributed by atoms with Crippen LogP contribution in [0.1, 0.15) is 0 Å². The highest BCUT2D eigenvalue weighted by Crippen LogP contribution is 2.26. The van der Waals surface area contributed by atoms with E-state index in [4.69, 9.17) is 22.8 Å². The zero-order valence-electron chi connectivity index (χ0n) is 6.18. The number of halogens is 2. The van der Waals surface area contributed by atoms with Crippen molar-refractivity contribution in [3.63, 3.8) is 0 Å². The number of benzene rings is 1. The fourth-order valence-electron chi connectivity index (χ4n) is 0.734. The van der Waals surface area contributed by atoms with Gasteiger partial charge in [0.1, 0.15) is 6.61 Å². The molecule has 62 valence electrons. The van der Waals surface area contributed by atoms with E-state index in [2.05, 4.69) is 5.92 Å². The quantitative estimate of drug-likeness (QED) is 0.642. The first-order valence-electron chi connectivity index (χ1n) is 3.26. The van der Waals surface area contributed by atoms with Crippen molar-refractivity contribution in [1.29, 1.82) is 0 Å². The maximum atomic E-state index is 12.9. The van der Waals surface area contributed by atoms with Crippen molar-refractivity contribution in [3.8, 4) is 18.1 Å². The predicted molar refractivity (Wildman–Crippen MR) is 45.7 cm³/mol. The summed E-state index contributed by atoms with van der Waals surface area (Å²) in [6.07, 6.45) is 4.94. The molecule has 0 atom stereocenters. The Morgan fingerprint density at radius 3 is 2.92 bits per heavy atom. The normalized spacial score (nSPS) is 9.08. The lowest BCUT2D eigenvalue weighted by molar-refractivity contribution is 0.348. The number of hydrogen-bond acceptors (Lipinski definition) is 1. The fourth-order valence-corrected chi connectivity index (χ4v) is 0.952. The van der Waals surface area contributed by atoms with E-state index in [0.29, 0.717) is 0 Å². The van der Waals surface area contributed by atoms with Gasteiger partial charge in [-0.05, 0) is 12.1 Å². The van der Waals surface area contributed by atoms with Gasteiger partial charge >= 0.3 is 0 Å². The molecule has 0 spiro atoms. The molecule has 0 N–H and O–H groups in total. The molecule has 0 unspecified atom stereocenters. The molecule has 0 saturated heterocycles. The molecule has 0 heterocycles. The SMILES string of the molecule is C#CCOc1c(F)cccc1Cl. The molecule has 12 heavy (non-hydrogen) atoms. The van der Waals surface area contributed by atoms with Gasteiger partial charge < -0.3 is 4.74 Å². The van der Waals surface area contributed by atoms with Gasteiger partial charge in [0.05, 0.1) is 5.02 Å². The first kappa shape index (κ1) is 8.89. The van der Waals surface area contributed by atoms with Crippen LogP contribution in [0.5, 0.6) is 5.75 Å². The van der Waals surface area contributed by atoms with Crippen molar-refractivity contribution >= 4 is 11.6 Å². The third kappa shape index (κ3) is 1.90. The lowest BCUT2D eigenvalue weighted by Crippen LogP contribution is -1.96. The predicted octanol–water partition coefficient (Wildman–Crippen LogP) is 2.49. The van der Waals surface area contributed by atoms with Crippen molar-refractivity contribution in [2.75, 3.05) is 6.61 Å². The summed E-state index contributed by atoms with van der Waals surface area (Å²) >= 11 is 5.63. The smallest absolute Gasteiger partial charge is 0.174 e. The Morgan fingerprint density at radius 2 is 2.33 bits per heavy atom. The Labute approximate surface area is 75.1 Å². The number of para-hydroxylation sites is 1. The van der Waals surface area contributed by atoms with E-state index >= 15 is 0 Å². The minimum Gasteiger partial charge on any atom is -0.476 e. The largest absolute Gasteiger partial charge is 0.476 e. The Kier molecular flexibility index (Phi) is 2.95. The van der Waals surface area contributed by atoms with E-state index in [1.165, 1.54) is 18.2 Å². The van der Waals surface area contributed by atoms with Crippen molar-refractivity contribution in [3.05, 3.63) is 29.0 Å². The molecular weight excluding hydrogens is 179 g/mol. The van der Waals surface area contributed by atoms with Crippen LogP contribution in [0.15, 0.2) is 18.2 Å². The van der Waals surface area contributed by atoms with Crippen molar-refractivity contribution < 1.29 is 9.13 Å². The minimum absolute atomic E-state index is 0.0112. The van der Waals surface area contributed by atoms with Crippen LogP contribution < -0.4 is 4.74 Å². The third-order valence-electron chi connectivity index (χ3n) is 1.22. The van der Waals surface area contributed by atoms with E-state index in [9.17, 15) is 4.39 Å². The highest BCUT2D eigenvalue weighted by Gasteiger charge is 2.06. The Bertz CT molecular complexity index is 297. The van der Waals surface area contributed by atoms with Crippen LogP contribution in [0, 0.1) is 18.2 Å². The highest BCUT2D eigenvalue weighted by atomic mass is 35.5. The average molecular weight is 185 g/mol. The lowest BCUT2D eigenvalue weighted by atomic mass is 10.3. The summed E-state index contributed by atoms with van der Waals surface area (Å²) in [6, 6.07) is 4.30. The van der Waals surface area contributed by atoms with E-state index in [-0.39, 0.29) is 17.4 Å². The van der Waals surface area contributed by atoms with Crippen LogP contribution in [0.3, 0.4) is 0 Å². The van der Waals surface area contributed by atoms with Gasteiger partial charge in [-0.3, -0.25) is 0 Å². The third-order valence-corrected chi connectivity index (χ3v) is 1.52. The second-order valence-electron chi connectivity index (χ2n) is 2.04. The van der Waals surface area contributed by atoms with Crippen LogP contribution in [0.4, 0.5) is 4.39 Å². The molecule has 0 aliphatic heterocycles. The summed E-state index contributed by atoms with van der Waals surface area (Å²) < 4.78 is 17.8. The van der Waals surface area contributed by atoms with Crippen LogP contribution in [-0.4, -0.2) is 6.61 Å². The molecule has 3 heteroatoms. The number of hydrogen-bond donors (Lipinski definition) is 0. The van der Waals surface area contributed by atoms with Gasteiger partial charge in [0, 0.05) is 0 Å². The maximum absolute atomic E-state index is 12.9. The van der Waals surface area contributed by atoms with E-state index < -0.39 is 5.82 Å². The molecule has 0 fully saturated rings. The Balaban J connectivity index is 2.90.